The smallest absolute Gasteiger partial charge is 0.259 e. The Morgan fingerprint density at radius 3 is 2.52 bits per heavy atom. The molecule has 6 heteroatoms. The number of carbonyl (C=O) groups excluding carboxylic acids is 1. The van der Waals surface area contributed by atoms with Gasteiger partial charge in [-0.3, -0.25) is 4.79 Å². The van der Waals surface area contributed by atoms with Crippen LogP contribution in [0.15, 0.2) is 54.6 Å². The molecule has 0 aliphatic carbocycles. The van der Waals surface area contributed by atoms with E-state index >= 15 is 0 Å². The summed E-state index contributed by atoms with van der Waals surface area (Å²) in [5.41, 5.74) is 1.43. The van der Waals surface area contributed by atoms with E-state index in [4.69, 9.17) is 4.74 Å². The van der Waals surface area contributed by atoms with Gasteiger partial charge in [-0.1, -0.05) is 56.3 Å². The number of nitrogens with zero attached hydrogens (tertiary/aromatic N) is 3. The van der Waals surface area contributed by atoms with Crippen LogP contribution in [0, 0.1) is 5.41 Å². The van der Waals surface area contributed by atoms with Crippen LogP contribution >= 0.6 is 0 Å². The summed E-state index contributed by atoms with van der Waals surface area (Å²) in [5, 5.41) is 11.4. The van der Waals surface area contributed by atoms with Gasteiger partial charge in [0.25, 0.3) is 5.91 Å². The summed E-state index contributed by atoms with van der Waals surface area (Å²) in [7, 11) is 0. The van der Waals surface area contributed by atoms with Crippen molar-refractivity contribution < 1.29 is 9.53 Å². The Morgan fingerprint density at radius 2 is 1.80 bits per heavy atom. The van der Waals surface area contributed by atoms with Crippen LogP contribution in [-0.2, 0) is 4.79 Å². The molecule has 0 aliphatic heterocycles. The second kappa shape index (κ2) is 6.93. The summed E-state index contributed by atoms with van der Waals surface area (Å²) in [6, 6.07) is 17.0. The summed E-state index contributed by atoms with van der Waals surface area (Å²) < 4.78 is 7.29. The van der Waals surface area contributed by atoms with E-state index in [9.17, 15) is 4.79 Å². The topological polar surface area (TPSA) is 69.0 Å². The summed E-state index contributed by atoms with van der Waals surface area (Å²) in [4.78, 5) is 12.4. The van der Waals surface area contributed by atoms with Gasteiger partial charge in [0.1, 0.15) is 17.4 Å². The van der Waals surface area contributed by atoms with Gasteiger partial charge in [0.05, 0.1) is 5.52 Å². The second-order valence-electron chi connectivity index (χ2n) is 6.96. The first-order valence-corrected chi connectivity index (χ1v) is 8.22. The van der Waals surface area contributed by atoms with Gasteiger partial charge in [-0.15, -0.1) is 5.10 Å². The zero-order valence-corrected chi connectivity index (χ0v) is 14.6. The number of carbonyl (C=O) groups is 1. The second-order valence-corrected chi connectivity index (χ2v) is 6.96. The van der Waals surface area contributed by atoms with E-state index in [0.717, 1.165) is 11.0 Å². The molecule has 3 aromatic rings. The normalized spacial score (nSPS) is 12.8. The average Bonchev–Trinajstić information content (AvgIpc) is 3.01. The largest absolute Gasteiger partial charge is 0.484 e. The van der Waals surface area contributed by atoms with Gasteiger partial charge in [0.15, 0.2) is 6.61 Å². The van der Waals surface area contributed by atoms with Crippen LogP contribution < -0.4 is 10.1 Å². The van der Waals surface area contributed by atoms with E-state index in [1.165, 1.54) is 0 Å². The van der Waals surface area contributed by atoms with Crippen LogP contribution in [0.2, 0.25) is 0 Å². The number of nitrogens with one attached hydrogen (secondary N) is 1. The maximum absolute atomic E-state index is 12.4. The lowest BCUT2D eigenvalue weighted by Crippen LogP contribution is -2.42. The fourth-order valence-corrected chi connectivity index (χ4v) is 2.58. The molecule has 2 aromatic carbocycles. The molecule has 0 spiro atoms. The van der Waals surface area contributed by atoms with Gasteiger partial charge in [-0.2, -0.15) is 0 Å². The zero-order valence-electron chi connectivity index (χ0n) is 14.6. The molecule has 1 N–H and O–H groups in total. The predicted molar refractivity (Wildman–Crippen MR) is 96.1 cm³/mol. The molecule has 3 rings (SSSR count). The van der Waals surface area contributed by atoms with E-state index in [0.29, 0.717) is 5.75 Å². The molecule has 6 nitrogen and oxygen atoms in total. The highest BCUT2D eigenvalue weighted by Crippen LogP contribution is 2.29. The lowest BCUT2D eigenvalue weighted by molar-refractivity contribution is -0.125. The van der Waals surface area contributed by atoms with Crippen molar-refractivity contribution in [1.82, 2.24) is 20.3 Å². The van der Waals surface area contributed by atoms with Crippen LogP contribution in [-0.4, -0.2) is 27.5 Å². The Morgan fingerprint density at radius 1 is 1.12 bits per heavy atom. The van der Waals surface area contributed by atoms with Crippen molar-refractivity contribution in [3.63, 3.8) is 0 Å². The summed E-state index contributed by atoms with van der Waals surface area (Å²) in [6.07, 6.45) is -0.341. The summed E-state index contributed by atoms with van der Waals surface area (Å²) in [6.45, 7) is 6.09. The molecule has 0 saturated heterocycles. The lowest BCUT2D eigenvalue weighted by Gasteiger charge is -2.31. The van der Waals surface area contributed by atoms with Crippen molar-refractivity contribution in [1.29, 1.82) is 0 Å². The van der Waals surface area contributed by atoms with Gasteiger partial charge < -0.3 is 10.1 Å². The first kappa shape index (κ1) is 17.0. The average molecular weight is 338 g/mol. The molecule has 0 saturated carbocycles. The number of para-hydroxylation sites is 2. The molecule has 1 atom stereocenters. The molecule has 0 bridgehead atoms. The molecule has 1 heterocycles. The number of ether oxygens (including phenoxy) is 1. The van der Waals surface area contributed by atoms with Crippen molar-refractivity contribution in [3.05, 3.63) is 54.6 Å². The van der Waals surface area contributed by atoms with Crippen molar-refractivity contribution in [3.8, 4) is 5.75 Å². The van der Waals surface area contributed by atoms with Crippen molar-refractivity contribution in [2.45, 2.75) is 26.9 Å². The molecule has 1 unspecified atom stereocenters. The van der Waals surface area contributed by atoms with Crippen LogP contribution in [0.5, 0.6) is 5.75 Å². The number of benzene rings is 2. The highest BCUT2D eigenvalue weighted by Gasteiger charge is 2.30. The Hall–Kier alpha value is -2.89. The molecule has 130 valence electrons. The standard InChI is InChI=1S/C19H22N4O2/c1-19(2,3)18(23-16-12-8-7-11-15(16)21-22-23)20-17(24)13-25-14-9-5-4-6-10-14/h4-12,18H,13H2,1-3H3,(H,20,24). The van der Waals surface area contributed by atoms with Gasteiger partial charge >= 0.3 is 0 Å². The van der Waals surface area contributed by atoms with Crippen LogP contribution in [0.4, 0.5) is 0 Å². The Balaban J connectivity index is 1.77. The number of amides is 1. The molecular weight excluding hydrogens is 316 g/mol. The van der Waals surface area contributed by atoms with E-state index in [1.807, 2.05) is 75.4 Å². The van der Waals surface area contributed by atoms with Crippen molar-refractivity contribution in [2.75, 3.05) is 6.61 Å². The van der Waals surface area contributed by atoms with Crippen LogP contribution in [0.1, 0.15) is 26.9 Å². The highest BCUT2D eigenvalue weighted by molar-refractivity contribution is 5.78. The quantitative estimate of drug-likeness (QED) is 0.776. The molecule has 0 fully saturated rings. The predicted octanol–water partition coefficient (Wildman–Crippen LogP) is 3.17. The Bertz CT molecular complexity index is 852. The molecule has 25 heavy (non-hydrogen) atoms. The van der Waals surface area contributed by atoms with E-state index in [2.05, 4.69) is 15.6 Å². The van der Waals surface area contributed by atoms with E-state index in [-0.39, 0.29) is 24.1 Å². The minimum atomic E-state index is -0.341. The first-order valence-electron chi connectivity index (χ1n) is 8.22. The Labute approximate surface area is 146 Å². The third-order valence-corrected chi connectivity index (χ3v) is 3.85. The number of hydrogen-bond acceptors (Lipinski definition) is 4. The fraction of sp³-hybridized carbons (Fsp3) is 0.316. The zero-order chi connectivity index (χ0) is 17.9. The number of aromatic nitrogens is 3. The monoisotopic (exact) mass is 338 g/mol. The van der Waals surface area contributed by atoms with E-state index < -0.39 is 0 Å². The maximum Gasteiger partial charge on any atom is 0.259 e. The Kier molecular flexibility index (Phi) is 4.70. The third-order valence-electron chi connectivity index (χ3n) is 3.85. The summed E-state index contributed by atoms with van der Waals surface area (Å²) >= 11 is 0. The van der Waals surface area contributed by atoms with Gasteiger partial charge in [-0.25, -0.2) is 4.68 Å². The van der Waals surface area contributed by atoms with E-state index in [1.54, 1.807) is 4.68 Å². The first-order chi connectivity index (χ1) is 11.9. The third kappa shape index (κ3) is 3.96. The number of hydrogen-bond donors (Lipinski definition) is 1. The summed E-state index contributed by atoms with van der Waals surface area (Å²) in [5.74, 6) is 0.458. The van der Waals surface area contributed by atoms with Crippen molar-refractivity contribution >= 4 is 16.9 Å². The van der Waals surface area contributed by atoms with Gasteiger partial charge in [-0.05, 0) is 24.3 Å². The lowest BCUT2D eigenvalue weighted by atomic mass is 9.92. The molecular formula is C19H22N4O2. The number of fused-ring (bicyclic) bond motifs is 1. The molecule has 1 aromatic heterocycles. The van der Waals surface area contributed by atoms with Crippen molar-refractivity contribution in [2.24, 2.45) is 5.41 Å². The molecule has 1 amide bonds. The molecule has 0 radical (unpaired) electrons. The maximum atomic E-state index is 12.4. The minimum Gasteiger partial charge on any atom is -0.484 e. The fourth-order valence-electron chi connectivity index (χ4n) is 2.58. The van der Waals surface area contributed by atoms with Gasteiger partial charge in [0, 0.05) is 5.41 Å². The highest BCUT2D eigenvalue weighted by atomic mass is 16.5. The van der Waals surface area contributed by atoms with Crippen LogP contribution in [0.3, 0.4) is 0 Å². The minimum absolute atomic E-state index is 0.0524. The SMILES string of the molecule is CC(C)(C)C(NC(=O)COc1ccccc1)n1nnc2ccccc21. The van der Waals surface area contributed by atoms with Gasteiger partial charge in [0.2, 0.25) is 0 Å². The molecule has 0 aliphatic rings. The van der Waals surface area contributed by atoms with Crippen LogP contribution in [0.25, 0.3) is 11.0 Å². The number of rotatable bonds is 5.